The second kappa shape index (κ2) is 4.38. The van der Waals surface area contributed by atoms with Gasteiger partial charge in [0.05, 0.1) is 0 Å². The van der Waals surface area contributed by atoms with E-state index in [4.69, 9.17) is 5.73 Å². The zero-order valence-corrected chi connectivity index (χ0v) is 8.13. The minimum atomic E-state index is -1.03. The summed E-state index contributed by atoms with van der Waals surface area (Å²) in [5.41, 5.74) is 7.13. The van der Waals surface area contributed by atoms with Gasteiger partial charge in [-0.05, 0) is 17.0 Å². The fraction of sp³-hybridized carbons (Fsp3) is 0.455. The van der Waals surface area contributed by atoms with Crippen LogP contribution in [0.4, 0.5) is 4.39 Å². The van der Waals surface area contributed by atoms with Gasteiger partial charge in [-0.15, -0.1) is 0 Å². The molecule has 0 amide bonds. The van der Waals surface area contributed by atoms with Crippen LogP contribution in [0.2, 0.25) is 0 Å². The Morgan fingerprint density at radius 2 is 1.62 bits per heavy atom. The van der Waals surface area contributed by atoms with Crippen molar-refractivity contribution in [2.75, 3.05) is 6.54 Å². The smallest absolute Gasteiger partial charge is 0.137 e. The predicted octanol–water partition coefficient (Wildman–Crippen LogP) is 2.78. The molecule has 0 aliphatic carbocycles. The highest BCUT2D eigenvalue weighted by Gasteiger charge is 2.06. The molecule has 2 N–H and O–H groups in total. The molecular weight excluding hydrogens is 165 g/mol. The highest BCUT2D eigenvalue weighted by molar-refractivity contribution is 5.26. The summed E-state index contributed by atoms with van der Waals surface area (Å²) in [6.07, 6.45) is -1.03. The van der Waals surface area contributed by atoms with Crippen LogP contribution in [-0.2, 0) is 0 Å². The van der Waals surface area contributed by atoms with E-state index in [9.17, 15) is 4.39 Å². The van der Waals surface area contributed by atoms with Crippen molar-refractivity contribution < 1.29 is 4.39 Å². The van der Waals surface area contributed by atoms with Crippen molar-refractivity contribution in [2.45, 2.75) is 25.9 Å². The summed E-state index contributed by atoms with van der Waals surface area (Å²) in [7, 11) is 0. The molecule has 0 unspecified atom stereocenters. The third-order valence-corrected chi connectivity index (χ3v) is 2.17. The molecule has 1 aromatic carbocycles. The molecule has 1 nitrogen and oxygen atoms in total. The maximum absolute atomic E-state index is 13.1. The van der Waals surface area contributed by atoms with Crippen molar-refractivity contribution >= 4 is 0 Å². The molecule has 0 aromatic heterocycles. The lowest BCUT2D eigenvalue weighted by Crippen LogP contribution is -2.07. The monoisotopic (exact) mass is 181 g/mol. The molecular formula is C11H16FN. The number of rotatable bonds is 3. The lowest BCUT2D eigenvalue weighted by atomic mass is 10.0. The number of hydrogen-bond donors (Lipinski definition) is 1. The van der Waals surface area contributed by atoms with E-state index in [0.29, 0.717) is 11.5 Å². The molecule has 0 aliphatic rings. The van der Waals surface area contributed by atoms with Crippen LogP contribution in [0.3, 0.4) is 0 Å². The number of alkyl halides is 1. The van der Waals surface area contributed by atoms with Gasteiger partial charge in [0.1, 0.15) is 6.17 Å². The lowest BCUT2D eigenvalue weighted by molar-refractivity contribution is 0.353. The number of halogens is 1. The summed E-state index contributed by atoms with van der Waals surface area (Å²) in [5, 5.41) is 0. The van der Waals surface area contributed by atoms with E-state index in [0.717, 1.165) is 0 Å². The lowest BCUT2D eigenvalue weighted by Gasteiger charge is -2.08. The Kier molecular flexibility index (Phi) is 3.43. The molecule has 0 bridgehead atoms. The van der Waals surface area contributed by atoms with E-state index in [1.807, 2.05) is 24.3 Å². The third-order valence-electron chi connectivity index (χ3n) is 2.17. The maximum Gasteiger partial charge on any atom is 0.137 e. The predicted molar refractivity (Wildman–Crippen MR) is 53.4 cm³/mol. The minimum Gasteiger partial charge on any atom is -0.327 e. The first-order chi connectivity index (χ1) is 6.15. The van der Waals surface area contributed by atoms with Gasteiger partial charge < -0.3 is 5.73 Å². The summed E-state index contributed by atoms with van der Waals surface area (Å²) in [5.74, 6) is 0.491. The molecule has 0 saturated heterocycles. The fourth-order valence-corrected chi connectivity index (χ4v) is 1.23. The third kappa shape index (κ3) is 2.52. The molecule has 0 aliphatic heterocycles. The normalized spacial score (nSPS) is 13.3. The quantitative estimate of drug-likeness (QED) is 0.762. The van der Waals surface area contributed by atoms with Crippen LogP contribution in [0.25, 0.3) is 0 Å². The van der Waals surface area contributed by atoms with E-state index >= 15 is 0 Å². The van der Waals surface area contributed by atoms with Crippen molar-refractivity contribution in [3.8, 4) is 0 Å². The highest BCUT2D eigenvalue weighted by atomic mass is 19.1. The van der Waals surface area contributed by atoms with Gasteiger partial charge >= 0.3 is 0 Å². The SMILES string of the molecule is CC(C)c1ccc([C@@H](F)CN)cc1. The zero-order valence-electron chi connectivity index (χ0n) is 8.13. The van der Waals surface area contributed by atoms with Crippen LogP contribution in [0, 0.1) is 0 Å². The molecule has 1 rings (SSSR count). The van der Waals surface area contributed by atoms with Crippen LogP contribution in [0.15, 0.2) is 24.3 Å². The van der Waals surface area contributed by atoms with Gasteiger partial charge in [-0.2, -0.15) is 0 Å². The molecule has 0 spiro atoms. The molecule has 0 fully saturated rings. The van der Waals surface area contributed by atoms with E-state index in [-0.39, 0.29) is 6.54 Å². The summed E-state index contributed by atoms with van der Waals surface area (Å²) in [6.45, 7) is 4.29. The van der Waals surface area contributed by atoms with Crippen LogP contribution in [0.5, 0.6) is 0 Å². The highest BCUT2D eigenvalue weighted by Crippen LogP contribution is 2.19. The first-order valence-corrected chi connectivity index (χ1v) is 4.59. The van der Waals surface area contributed by atoms with Crippen LogP contribution < -0.4 is 5.73 Å². The average Bonchev–Trinajstić information content (AvgIpc) is 2.17. The topological polar surface area (TPSA) is 26.0 Å². The average molecular weight is 181 g/mol. The first kappa shape index (κ1) is 10.2. The van der Waals surface area contributed by atoms with Gasteiger partial charge in [0, 0.05) is 6.54 Å². The Bertz CT molecular complexity index is 253. The minimum absolute atomic E-state index is 0.0566. The molecule has 0 radical (unpaired) electrons. The van der Waals surface area contributed by atoms with E-state index in [1.165, 1.54) is 5.56 Å². The number of nitrogens with two attached hydrogens (primary N) is 1. The molecule has 1 atom stereocenters. The van der Waals surface area contributed by atoms with E-state index in [1.54, 1.807) is 0 Å². The Labute approximate surface area is 78.8 Å². The van der Waals surface area contributed by atoms with Crippen molar-refractivity contribution in [1.29, 1.82) is 0 Å². The van der Waals surface area contributed by atoms with E-state index < -0.39 is 6.17 Å². The molecule has 0 saturated carbocycles. The summed E-state index contributed by atoms with van der Waals surface area (Å²) in [4.78, 5) is 0. The van der Waals surface area contributed by atoms with Crippen molar-refractivity contribution in [3.63, 3.8) is 0 Å². The molecule has 2 heteroatoms. The van der Waals surface area contributed by atoms with E-state index in [2.05, 4.69) is 13.8 Å². The summed E-state index contributed by atoms with van der Waals surface area (Å²) >= 11 is 0. The van der Waals surface area contributed by atoms with Crippen LogP contribution in [-0.4, -0.2) is 6.54 Å². The number of hydrogen-bond acceptors (Lipinski definition) is 1. The van der Waals surface area contributed by atoms with Crippen molar-refractivity contribution in [2.24, 2.45) is 5.73 Å². The zero-order chi connectivity index (χ0) is 9.84. The van der Waals surface area contributed by atoms with Gasteiger partial charge in [0.25, 0.3) is 0 Å². The largest absolute Gasteiger partial charge is 0.327 e. The Morgan fingerprint density at radius 3 is 2.00 bits per heavy atom. The van der Waals surface area contributed by atoms with Crippen LogP contribution in [0.1, 0.15) is 37.1 Å². The van der Waals surface area contributed by atoms with Gasteiger partial charge in [-0.3, -0.25) is 0 Å². The number of benzene rings is 1. The van der Waals surface area contributed by atoms with Gasteiger partial charge in [0.15, 0.2) is 0 Å². The first-order valence-electron chi connectivity index (χ1n) is 4.59. The second-order valence-corrected chi connectivity index (χ2v) is 3.52. The Hall–Kier alpha value is -0.890. The summed E-state index contributed by atoms with van der Waals surface area (Å²) in [6, 6.07) is 7.55. The van der Waals surface area contributed by atoms with Crippen LogP contribution >= 0.6 is 0 Å². The van der Waals surface area contributed by atoms with Gasteiger partial charge in [-0.25, -0.2) is 4.39 Å². The van der Waals surface area contributed by atoms with Crippen molar-refractivity contribution in [1.82, 2.24) is 0 Å². The fourth-order valence-electron chi connectivity index (χ4n) is 1.23. The Morgan fingerprint density at radius 1 is 1.15 bits per heavy atom. The van der Waals surface area contributed by atoms with Gasteiger partial charge in [0.2, 0.25) is 0 Å². The molecule has 13 heavy (non-hydrogen) atoms. The summed E-state index contributed by atoms with van der Waals surface area (Å²) < 4.78 is 13.1. The standard InChI is InChI=1S/C11H16FN/c1-8(2)9-3-5-10(6-4-9)11(12)7-13/h3-6,8,11H,7,13H2,1-2H3/t11-/m0/s1. The Balaban J connectivity index is 2.81. The van der Waals surface area contributed by atoms with Gasteiger partial charge in [-0.1, -0.05) is 38.1 Å². The molecule has 0 heterocycles. The molecule has 1 aromatic rings. The van der Waals surface area contributed by atoms with Crippen molar-refractivity contribution in [3.05, 3.63) is 35.4 Å². The molecule has 72 valence electrons. The second-order valence-electron chi connectivity index (χ2n) is 3.52. The maximum atomic E-state index is 13.1.